The van der Waals surface area contributed by atoms with Crippen LogP contribution >= 0.6 is 11.3 Å². The number of aryl methyl sites for hydroxylation is 1. The number of thiophene rings is 1. The zero-order valence-electron chi connectivity index (χ0n) is 20.2. The second-order valence-corrected chi connectivity index (χ2v) is 11.0. The molecule has 2 aliphatic carbocycles. The summed E-state index contributed by atoms with van der Waals surface area (Å²) in [6.07, 6.45) is 9.53. The SMILES string of the molecule is CCC(O)C[C@H]1CCc2sc3ncnc(NC(c4ccc(OC)cc4)C4CCC(N)CC4)c3c21. The molecule has 3 atom stereocenters. The Labute approximate surface area is 206 Å². The number of nitrogens with zero attached hydrogens (tertiary/aromatic N) is 2. The fraction of sp³-hybridized carbons (Fsp3) is 0.556. The van der Waals surface area contributed by atoms with Gasteiger partial charge in [0.05, 0.1) is 24.6 Å². The fourth-order valence-electron chi connectivity index (χ4n) is 5.82. The van der Waals surface area contributed by atoms with Crippen molar-refractivity contribution >= 4 is 27.4 Å². The van der Waals surface area contributed by atoms with Gasteiger partial charge in [-0.2, -0.15) is 0 Å². The van der Waals surface area contributed by atoms with Gasteiger partial charge in [-0.05, 0) is 86.5 Å². The summed E-state index contributed by atoms with van der Waals surface area (Å²) in [6.45, 7) is 2.05. The molecule has 6 nitrogen and oxygen atoms in total. The van der Waals surface area contributed by atoms with E-state index in [0.717, 1.165) is 67.8 Å². The number of methoxy groups -OCH3 is 1. The van der Waals surface area contributed by atoms with E-state index >= 15 is 0 Å². The number of rotatable bonds is 8. The number of anilines is 1. The lowest BCUT2D eigenvalue weighted by molar-refractivity contribution is 0.151. The van der Waals surface area contributed by atoms with Crippen molar-refractivity contribution in [2.75, 3.05) is 12.4 Å². The highest BCUT2D eigenvalue weighted by Crippen LogP contribution is 2.48. The molecule has 34 heavy (non-hydrogen) atoms. The summed E-state index contributed by atoms with van der Waals surface area (Å²) in [7, 11) is 1.70. The van der Waals surface area contributed by atoms with Crippen LogP contribution in [0, 0.1) is 5.92 Å². The molecule has 2 heterocycles. The molecule has 2 unspecified atom stereocenters. The van der Waals surface area contributed by atoms with Gasteiger partial charge >= 0.3 is 0 Å². The Morgan fingerprint density at radius 2 is 1.91 bits per heavy atom. The molecule has 0 radical (unpaired) electrons. The third-order valence-corrected chi connectivity index (χ3v) is 8.99. The van der Waals surface area contributed by atoms with Crippen molar-refractivity contribution in [2.24, 2.45) is 11.7 Å². The van der Waals surface area contributed by atoms with E-state index < -0.39 is 0 Å². The molecular formula is C27H36N4O2S. The Bertz CT molecular complexity index is 1110. The van der Waals surface area contributed by atoms with Crippen molar-refractivity contribution in [1.29, 1.82) is 0 Å². The number of aliphatic hydroxyl groups is 1. The summed E-state index contributed by atoms with van der Waals surface area (Å²) >= 11 is 1.80. The highest BCUT2D eigenvalue weighted by atomic mass is 32.1. The standard InChI is InChI=1S/C27H36N4O2S/c1-3-20(32)14-18-8-13-22-23(18)24-26(29-15-30-27(24)34-22)31-25(16-4-9-19(28)10-5-16)17-6-11-21(33-2)12-7-17/h6-7,11-12,15-16,18-20,25,32H,3-5,8-10,13-14,28H2,1-2H3,(H,29,30,31)/t16?,18-,19?,20?,25?/m1/s1. The quantitative estimate of drug-likeness (QED) is 0.391. The van der Waals surface area contributed by atoms with Gasteiger partial charge in [0.2, 0.25) is 0 Å². The maximum atomic E-state index is 10.4. The van der Waals surface area contributed by atoms with Gasteiger partial charge in [0.1, 0.15) is 22.7 Å². The largest absolute Gasteiger partial charge is 0.497 e. The minimum Gasteiger partial charge on any atom is -0.497 e. The summed E-state index contributed by atoms with van der Waals surface area (Å²) in [5.74, 6) is 2.65. The van der Waals surface area contributed by atoms with E-state index in [4.69, 9.17) is 15.5 Å². The van der Waals surface area contributed by atoms with Crippen LogP contribution in [-0.2, 0) is 6.42 Å². The maximum Gasteiger partial charge on any atom is 0.138 e. The molecular weight excluding hydrogens is 444 g/mol. The van der Waals surface area contributed by atoms with Gasteiger partial charge in [0.25, 0.3) is 0 Å². The number of aliphatic hydroxyl groups excluding tert-OH is 1. The lowest BCUT2D eigenvalue weighted by Crippen LogP contribution is -2.31. The minimum absolute atomic E-state index is 0.146. The average Bonchev–Trinajstić information content (AvgIpc) is 3.43. The van der Waals surface area contributed by atoms with Gasteiger partial charge in [-0.3, -0.25) is 0 Å². The van der Waals surface area contributed by atoms with Crippen molar-refractivity contribution in [3.8, 4) is 5.75 Å². The van der Waals surface area contributed by atoms with Gasteiger partial charge in [-0.15, -0.1) is 11.3 Å². The summed E-state index contributed by atoms with van der Waals surface area (Å²) < 4.78 is 5.40. The molecule has 3 aromatic rings. The lowest BCUT2D eigenvalue weighted by atomic mass is 9.79. The molecule has 1 fully saturated rings. The normalized spacial score (nSPS) is 24.1. The molecule has 2 aromatic heterocycles. The molecule has 0 spiro atoms. The second-order valence-electron chi connectivity index (χ2n) is 9.94. The number of fused-ring (bicyclic) bond motifs is 3. The molecule has 0 bridgehead atoms. The van der Waals surface area contributed by atoms with Crippen LogP contribution in [-0.4, -0.2) is 34.3 Å². The first-order valence-electron chi connectivity index (χ1n) is 12.7. The number of benzene rings is 1. The molecule has 0 saturated heterocycles. The van der Waals surface area contributed by atoms with Gasteiger partial charge in [-0.25, -0.2) is 9.97 Å². The van der Waals surface area contributed by atoms with Gasteiger partial charge in [0.15, 0.2) is 0 Å². The molecule has 7 heteroatoms. The van der Waals surface area contributed by atoms with Gasteiger partial charge in [-0.1, -0.05) is 19.1 Å². The molecule has 0 aliphatic heterocycles. The summed E-state index contributed by atoms with van der Waals surface area (Å²) in [5, 5.41) is 15.4. The topological polar surface area (TPSA) is 93.3 Å². The Balaban J connectivity index is 1.52. The Kier molecular flexibility index (Phi) is 7.04. The molecule has 0 amide bonds. The molecule has 1 saturated carbocycles. The van der Waals surface area contributed by atoms with E-state index in [-0.39, 0.29) is 12.1 Å². The number of aromatic nitrogens is 2. The predicted molar refractivity (Wildman–Crippen MR) is 139 cm³/mol. The van der Waals surface area contributed by atoms with Crippen molar-refractivity contribution in [2.45, 2.75) is 82.4 Å². The highest BCUT2D eigenvalue weighted by molar-refractivity contribution is 7.19. The van der Waals surface area contributed by atoms with E-state index in [0.29, 0.717) is 17.9 Å². The van der Waals surface area contributed by atoms with E-state index in [9.17, 15) is 5.11 Å². The number of nitrogens with one attached hydrogen (secondary N) is 1. The summed E-state index contributed by atoms with van der Waals surface area (Å²) in [5.41, 5.74) is 8.86. The van der Waals surface area contributed by atoms with Crippen LogP contribution in [0.5, 0.6) is 5.75 Å². The van der Waals surface area contributed by atoms with Crippen molar-refractivity contribution in [1.82, 2.24) is 9.97 Å². The molecule has 1 aromatic carbocycles. The Morgan fingerprint density at radius 3 is 2.62 bits per heavy atom. The van der Waals surface area contributed by atoms with Crippen LogP contribution in [0.25, 0.3) is 10.2 Å². The number of hydrogen-bond donors (Lipinski definition) is 3. The Hall–Kier alpha value is -2.22. The predicted octanol–water partition coefficient (Wildman–Crippen LogP) is 5.56. The maximum absolute atomic E-state index is 10.4. The number of nitrogens with two attached hydrogens (primary N) is 1. The van der Waals surface area contributed by atoms with Crippen LogP contribution in [0.4, 0.5) is 5.82 Å². The van der Waals surface area contributed by atoms with Crippen molar-refractivity contribution in [3.05, 3.63) is 46.6 Å². The van der Waals surface area contributed by atoms with Crippen molar-refractivity contribution < 1.29 is 9.84 Å². The van der Waals surface area contributed by atoms with E-state index in [2.05, 4.69) is 29.4 Å². The van der Waals surface area contributed by atoms with Crippen LogP contribution in [0.15, 0.2) is 30.6 Å². The Morgan fingerprint density at radius 1 is 1.15 bits per heavy atom. The average molecular weight is 481 g/mol. The monoisotopic (exact) mass is 480 g/mol. The molecule has 5 rings (SSSR count). The minimum atomic E-state index is -0.259. The summed E-state index contributed by atoms with van der Waals surface area (Å²) in [4.78, 5) is 11.9. The lowest BCUT2D eigenvalue weighted by Gasteiger charge is -2.34. The van der Waals surface area contributed by atoms with E-state index in [1.165, 1.54) is 21.4 Å². The second kappa shape index (κ2) is 10.2. The first-order chi connectivity index (χ1) is 16.6. The zero-order valence-corrected chi connectivity index (χ0v) is 21.0. The van der Waals surface area contributed by atoms with Gasteiger partial charge < -0.3 is 20.9 Å². The zero-order chi connectivity index (χ0) is 23.7. The number of hydrogen-bond acceptors (Lipinski definition) is 7. The number of ether oxygens (including phenoxy) is 1. The summed E-state index contributed by atoms with van der Waals surface area (Å²) in [6, 6.07) is 8.87. The van der Waals surface area contributed by atoms with Crippen LogP contribution in [0.2, 0.25) is 0 Å². The highest BCUT2D eigenvalue weighted by Gasteiger charge is 2.33. The first-order valence-corrected chi connectivity index (χ1v) is 13.5. The fourth-order valence-corrected chi connectivity index (χ4v) is 7.06. The molecule has 4 N–H and O–H groups in total. The van der Waals surface area contributed by atoms with E-state index in [1.54, 1.807) is 24.8 Å². The van der Waals surface area contributed by atoms with Gasteiger partial charge in [0, 0.05) is 10.9 Å². The van der Waals surface area contributed by atoms with E-state index in [1.807, 2.05) is 12.1 Å². The third-order valence-electron chi connectivity index (χ3n) is 7.81. The van der Waals surface area contributed by atoms with Crippen LogP contribution < -0.4 is 15.8 Å². The molecule has 182 valence electrons. The van der Waals surface area contributed by atoms with Crippen molar-refractivity contribution in [3.63, 3.8) is 0 Å². The van der Waals surface area contributed by atoms with Crippen LogP contribution in [0.1, 0.15) is 79.8 Å². The first kappa shape index (κ1) is 23.5. The van der Waals surface area contributed by atoms with Crippen LogP contribution in [0.3, 0.4) is 0 Å². The molecule has 2 aliphatic rings. The smallest absolute Gasteiger partial charge is 0.138 e. The third kappa shape index (κ3) is 4.66.